The van der Waals surface area contributed by atoms with Gasteiger partial charge in [-0.05, 0) is 32.3 Å². The molecule has 1 heterocycles. The van der Waals surface area contributed by atoms with Gasteiger partial charge in [-0.2, -0.15) is 0 Å². The zero-order valence-corrected chi connectivity index (χ0v) is 12.1. The van der Waals surface area contributed by atoms with Crippen LogP contribution in [0.2, 0.25) is 0 Å². The first kappa shape index (κ1) is 15.3. The Bertz CT molecular complexity index is 476. The molecule has 0 saturated heterocycles. The molecule has 0 radical (unpaired) electrons. The molecule has 0 aliphatic heterocycles. The predicted octanol–water partition coefficient (Wildman–Crippen LogP) is 2.47. The molecule has 0 aromatic carbocycles. The van der Waals surface area contributed by atoms with Crippen molar-refractivity contribution in [2.45, 2.75) is 40.2 Å². The van der Waals surface area contributed by atoms with Crippen LogP contribution in [0.1, 0.15) is 42.1 Å². The SMILES string of the molecule is Cc1cc(C(=O)N(C)C(CC(C)C)C(=O)O)c(C)o1. The normalized spacial score (nSPS) is 12.5. The van der Waals surface area contributed by atoms with E-state index in [0.717, 1.165) is 0 Å². The van der Waals surface area contributed by atoms with Crippen molar-refractivity contribution in [3.63, 3.8) is 0 Å². The third-order valence-corrected chi connectivity index (χ3v) is 3.04. The van der Waals surface area contributed by atoms with Crippen molar-refractivity contribution in [3.8, 4) is 0 Å². The molecule has 1 unspecified atom stereocenters. The second-order valence-corrected chi connectivity index (χ2v) is 5.23. The molecule has 1 aromatic rings. The number of aryl methyl sites for hydroxylation is 2. The van der Waals surface area contributed by atoms with Crippen molar-refractivity contribution in [2.75, 3.05) is 7.05 Å². The van der Waals surface area contributed by atoms with Gasteiger partial charge in [-0.25, -0.2) is 4.79 Å². The van der Waals surface area contributed by atoms with E-state index in [-0.39, 0.29) is 11.8 Å². The van der Waals surface area contributed by atoms with Crippen LogP contribution in [0.4, 0.5) is 0 Å². The number of hydrogen-bond acceptors (Lipinski definition) is 3. The highest BCUT2D eigenvalue weighted by atomic mass is 16.4. The number of rotatable bonds is 5. The average Bonchev–Trinajstić information content (AvgIpc) is 2.63. The standard InChI is InChI=1S/C14H21NO4/c1-8(2)6-12(14(17)18)15(5)13(16)11-7-9(3)19-10(11)4/h7-8,12H,6H2,1-5H3,(H,17,18). The minimum Gasteiger partial charge on any atom is -0.480 e. The lowest BCUT2D eigenvalue weighted by Gasteiger charge is -2.26. The molecule has 1 rings (SSSR count). The van der Waals surface area contributed by atoms with E-state index in [1.807, 2.05) is 13.8 Å². The van der Waals surface area contributed by atoms with Crippen molar-refractivity contribution >= 4 is 11.9 Å². The Kier molecular flexibility index (Phi) is 4.75. The summed E-state index contributed by atoms with van der Waals surface area (Å²) >= 11 is 0. The number of aliphatic carboxylic acids is 1. The number of carboxylic acids is 1. The third-order valence-electron chi connectivity index (χ3n) is 3.04. The summed E-state index contributed by atoms with van der Waals surface area (Å²) in [6.07, 6.45) is 0.424. The van der Waals surface area contributed by atoms with Crippen LogP contribution < -0.4 is 0 Å². The van der Waals surface area contributed by atoms with Crippen LogP contribution in [-0.4, -0.2) is 35.0 Å². The molecule has 5 heteroatoms. The van der Waals surface area contributed by atoms with Crippen LogP contribution in [0.3, 0.4) is 0 Å². The van der Waals surface area contributed by atoms with Crippen molar-refractivity contribution in [1.82, 2.24) is 4.90 Å². The first-order valence-corrected chi connectivity index (χ1v) is 6.31. The fourth-order valence-corrected chi connectivity index (χ4v) is 2.05. The van der Waals surface area contributed by atoms with E-state index < -0.39 is 12.0 Å². The molecule has 0 saturated carbocycles. The fourth-order valence-electron chi connectivity index (χ4n) is 2.05. The molecular weight excluding hydrogens is 246 g/mol. The first-order chi connectivity index (χ1) is 8.73. The molecule has 0 fully saturated rings. The van der Waals surface area contributed by atoms with Gasteiger partial charge in [0.15, 0.2) is 0 Å². The number of carbonyl (C=O) groups excluding carboxylic acids is 1. The fraction of sp³-hybridized carbons (Fsp3) is 0.571. The van der Waals surface area contributed by atoms with E-state index in [0.29, 0.717) is 23.5 Å². The smallest absolute Gasteiger partial charge is 0.326 e. The maximum atomic E-state index is 12.3. The third kappa shape index (κ3) is 3.59. The molecule has 0 spiro atoms. The number of likely N-dealkylation sites (N-methyl/N-ethyl adjacent to an activating group) is 1. The van der Waals surface area contributed by atoms with Crippen molar-refractivity contribution < 1.29 is 19.1 Å². The Morgan fingerprint density at radius 2 is 1.95 bits per heavy atom. The van der Waals surface area contributed by atoms with Gasteiger partial charge in [0.1, 0.15) is 17.6 Å². The number of amides is 1. The van der Waals surface area contributed by atoms with Crippen LogP contribution in [0.25, 0.3) is 0 Å². The number of furan rings is 1. The average molecular weight is 267 g/mol. The van der Waals surface area contributed by atoms with Gasteiger partial charge in [-0.3, -0.25) is 4.79 Å². The highest BCUT2D eigenvalue weighted by molar-refractivity contribution is 5.97. The van der Waals surface area contributed by atoms with Gasteiger partial charge in [-0.15, -0.1) is 0 Å². The van der Waals surface area contributed by atoms with Gasteiger partial charge in [0.25, 0.3) is 5.91 Å². The Balaban J connectivity index is 2.96. The van der Waals surface area contributed by atoms with Crippen LogP contribution in [0.5, 0.6) is 0 Å². The zero-order valence-electron chi connectivity index (χ0n) is 12.1. The molecule has 1 N–H and O–H groups in total. The molecule has 1 aromatic heterocycles. The lowest BCUT2D eigenvalue weighted by Crippen LogP contribution is -2.43. The number of nitrogens with zero attached hydrogens (tertiary/aromatic N) is 1. The summed E-state index contributed by atoms with van der Waals surface area (Å²) in [6.45, 7) is 7.32. The maximum Gasteiger partial charge on any atom is 0.326 e. The van der Waals surface area contributed by atoms with Crippen molar-refractivity contribution in [2.24, 2.45) is 5.92 Å². The van der Waals surface area contributed by atoms with Gasteiger partial charge >= 0.3 is 5.97 Å². The Morgan fingerprint density at radius 3 is 2.32 bits per heavy atom. The summed E-state index contributed by atoms with van der Waals surface area (Å²) in [5.41, 5.74) is 0.426. The minimum atomic E-state index is -0.984. The van der Waals surface area contributed by atoms with Gasteiger partial charge < -0.3 is 14.4 Å². The van der Waals surface area contributed by atoms with E-state index in [4.69, 9.17) is 4.42 Å². The lowest BCUT2D eigenvalue weighted by atomic mass is 10.0. The maximum absolute atomic E-state index is 12.3. The summed E-state index contributed by atoms with van der Waals surface area (Å²) < 4.78 is 5.31. The highest BCUT2D eigenvalue weighted by Gasteiger charge is 2.29. The monoisotopic (exact) mass is 267 g/mol. The summed E-state index contributed by atoms with van der Waals surface area (Å²) in [6, 6.07) is 0.824. The van der Waals surface area contributed by atoms with E-state index >= 15 is 0 Å². The summed E-state index contributed by atoms with van der Waals surface area (Å²) in [5, 5.41) is 9.25. The van der Waals surface area contributed by atoms with Gasteiger partial charge in [0.2, 0.25) is 0 Å². The Hall–Kier alpha value is -1.78. The van der Waals surface area contributed by atoms with Gasteiger partial charge in [0, 0.05) is 7.05 Å². The molecular formula is C14H21NO4. The number of hydrogen-bond donors (Lipinski definition) is 1. The lowest BCUT2D eigenvalue weighted by molar-refractivity contribution is -0.142. The molecule has 5 nitrogen and oxygen atoms in total. The highest BCUT2D eigenvalue weighted by Crippen LogP contribution is 2.19. The quantitative estimate of drug-likeness (QED) is 0.889. The summed E-state index contributed by atoms with van der Waals surface area (Å²) in [7, 11) is 1.52. The first-order valence-electron chi connectivity index (χ1n) is 6.31. The van der Waals surface area contributed by atoms with Crippen molar-refractivity contribution in [3.05, 3.63) is 23.2 Å². The summed E-state index contributed by atoms with van der Waals surface area (Å²) in [4.78, 5) is 24.9. The van der Waals surface area contributed by atoms with Gasteiger partial charge in [0.05, 0.1) is 5.56 Å². The second-order valence-electron chi connectivity index (χ2n) is 5.23. The van der Waals surface area contributed by atoms with E-state index in [1.165, 1.54) is 11.9 Å². The Morgan fingerprint density at radius 1 is 1.37 bits per heavy atom. The molecule has 0 bridgehead atoms. The Labute approximate surface area is 113 Å². The number of carboxylic acid groups (broad SMARTS) is 1. The van der Waals surface area contributed by atoms with E-state index in [9.17, 15) is 14.7 Å². The minimum absolute atomic E-state index is 0.198. The van der Waals surface area contributed by atoms with Gasteiger partial charge in [-0.1, -0.05) is 13.8 Å². The number of carbonyl (C=O) groups is 2. The molecule has 1 atom stereocenters. The molecule has 1 amide bonds. The van der Waals surface area contributed by atoms with E-state index in [1.54, 1.807) is 19.9 Å². The molecule has 0 aliphatic rings. The van der Waals surface area contributed by atoms with Crippen LogP contribution in [0.15, 0.2) is 10.5 Å². The van der Waals surface area contributed by atoms with Crippen LogP contribution in [0, 0.1) is 19.8 Å². The summed E-state index contributed by atoms with van der Waals surface area (Å²) in [5.74, 6) is 0.0568. The predicted molar refractivity (Wildman–Crippen MR) is 71.2 cm³/mol. The largest absolute Gasteiger partial charge is 0.480 e. The molecule has 106 valence electrons. The topological polar surface area (TPSA) is 70.8 Å². The molecule has 19 heavy (non-hydrogen) atoms. The molecule has 0 aliphatic carbocycles. The van der Waals surface area contributed by atoms with Crippen molar-refractivity contribution in [1.29, 1.82) is 0 Å². The zero-order chi connectivity index (χ0) is 14.7. The van der Waals surface area contributed by atoms with Crippen LogP contribution >= 0.6 is 0 Å². The van der Waals surface area contributed by atoms with E-state index in [2.05, 4.69) is 0 Å². The second kappa shape index (κ2) is 5.91. The van der Waals surface area contributed by atoms with Crippen LogP contribution in [-0.2, 0) is 4.79 Å².